The smallest absolute Gasteiger partial charge is 0.160 e. The highest BCUT2D eigenvalue weighted by Crippen LogP contribution is 2.27. The summed E-state index contributed by atoms with van der Waals surface area (Å²) in [7, 11) is 3.31. The zero-order chi connectivity index (χ0) is 12.8. The van der Waals surface area contributed by atoms with Crippen molar-refractivity contribution in [3.63, 3.8) is 0 Å². The Labute approximate surface area is 108 Å². The van der Waals surface area contributed by atoms with E-state index in [-0.39, 0.29) is 0 Å². The van der Waals surface area contributed by atoms with E-state index in [0.717, 1.165) is 44.1 Å². The van der Waals surface area contributed by atoms with Crippen LogP contribution in [0.15, 0.2) is 18.2 Å². The van der Waals surface area contributed by atoms with Gasteiger partial charge in [-0.15, -0.1) is 0 Å². The Morgan fingerprint density at radius 2 is 2.11 bits per heavy atom. The first-order valence-electron chi connectivity index (χ1n) is 6.35. The van der Waals surface area contributed by atoms with Crippen LogP contribution in [-0.2, 0) is 11.2 Å². The second kappa shape index (κ2) is 6.61. The Balaban J connectivity index is 1.84. The number of methoxy groups -OCH3 is 2. The molecule has 0 saturated carbocycles. The quantitative estimate of drug-likeness (QED) is 0.834. The summed E-state index contributed by atoms with van der Waals surface area (Å²) in [6.45, 7) is 2.68. The van der Waals surface area contributed by atoms with E-state index in [1.54, 1.807) is 14.2 Å². The minimum Gasteiger partial charge on any atom is -0.493 e. The van der Waals surface area contributed by atoms with Gasteiger partial charge in [-0.1, -0.05) is 6.07 Å². The number of nitrogens with one attached hydrogen (secondary N) is 1. The van der Waals surface area contributed by atoms with Gasteiger partial charge in [-0.25, -0.2) is 0 Å². The minimum absolute atomic E-state index is 0.519. The molecule has 0 radical (unpaired) electrons. The van der Waals surface area contributed by atoms with Gasteiger partial charge in [0.2, 0.25) is 0 Å². The molecule has 0 aromatic heterocycles. The average Bonchev–Trinajstić information content (AvgIpc) is 2.91. The standard InChI is InChI=1S/C14H21NO3/c1-16-13-4-3-11(9-14(13)17-2)5-7-15-12-6-8-18-10-12/h3-4,9,12,15H,5-8,10H2,1-2H3. The van der Waals surface area contributed by atoms with E-state index in [0.29, 0.717) is 6.04 Å². The van der Waals surface area contributed by atoms with Crippen LogP contribution in [-0.4, -0.2) is 40.0 Å². The summed E-state index contributed by atoms with van der Waals surface area (Å²) in [5, 5.41) is 3.50. The summed E-state index contributed by atoms with van der Waals surface area (Å²) in [5.41, 5.74) is 1.25. The van der Waals surface area contributed by atoms with Gasteiger partial charge in [-0.3, -0.25) is 0 Å². The molecule has 0 amide bonds. The van der Waals surface area contributed by atoms with E-state index in [9.17, 15) is 0 Å². The van der Waals surface area contributed by atoms with E-state index < -0.39 is 0 Å². The van der Waals surface area contributed by atoms with Crippen molar-refractivity contribution in [3.8, 4) is 11.5 Å². The SMILES string of the molecule is COc1ccc(CCNC2CCOC2)cc1OC. The van der Waals surface area contributed by atoms with Gasteiger partial charge in [0.15, 0.2) is 11.5 Å². The zero-order valence-corrected chi connectivity index (χ0v) is 11.1. The molecule has 100 valence electrons. The van der Waals surface area contributed by atoms with Crippen molar-refractivity contribution in [2.45, 2.75) is 18.9 Å². The lowest BCUT2D eigenvalue weighted by Gasteiger charge is -2.12. The van der Waals surface area contributed by atoms with Gasteiger partial charge < -0.3 is 19.5 Å². The summed E-state index contributed by atoms with van der Waals surface area (Å²) in [4.78, 5) is 0. The van der Waals surface area contributed by atoms with Crippen LogP contribution >= 0.6 is 0 Å². The van der Waals surface area contributed by atoms with Crippen molar-refractivity contribution in [1.82, 2.24) is 5.32 Å². The molecule has 2 rings (SSSR count). The number of hydrogen-bond acceptors (Lipinski definition) is 4. The fourth-order valence-corrected chi connectivity index (χ4v) is 2.15. The molecule has 1 heterocycles. The molecule has 1 atom stereocenters. The Bertz CT molecular complexity index is 375. The van der Waals surface area contributed by atoms with E-state index in [4.69, 9.17) is 14.2 Å². The van der Waals surface area contributed by atoms with Crippen molar-refractivity contribution in [2.75, 3.05) is 34.0 Å². The summed E-state index contributed by atoms with van der Waals surface area (Å²) in [5.74, 6) is 1.57. The van der Waals surface area contributed by atoms with Crippen molar-refractivity contribution in [1.29, 1.82) is 0 Å². The fourth-order valence-electron chi connectivity index (χ4n) is 2.15. The third-order valence-electron chi connectivity index (χ3n) is 3.22. The van der Waals surface area contributed by atoms with Crippen molar-refractivity contribution < 1.29 is 14.2 Å². The van der Waals surface area contributed by atoms with Crippen LogP contribution in [0.3, 0.4) is 0 Å². The molecule has 0 aliphatic carbocycles. The Morgan fingerprint density at radius 1 is 1.28 bits per heavy atom. The van der Waals surface area contributed by atoms with Gasteiger partial charge in [0.05, 0.1) is 20.8 Å². The predicted octanol–water partition coefficient (Wildman–Crippen LogP) is 1.62. The van der Waals surface area contributed by atoms with E-state index >= 15 is 0 Å². The summed E-state index contributed by atoms with van der Waals surface area (Å²) in [6, 6.07) is 6.58. The number of ether oxygens (including phenoxy) is 3. The number of hydrogen-bond donors (Lipinski definition) is 1. The van der Waals surface area contributed by atoms with Crippen LogP contribution in [0.25, 0.3) is 0 Å². The van der Waals surface area contributed by atoms with Gasteiger partial charge in [-0.05, 0) is 37.1 Å². The molecular formula is C14H21NO3. The zero-order valence-electron chi connectivity index (χ0n) is 11.1. The molecular weight excluding hydrogens is 230 g/mol. The molecule has 1 aromatic rings. The molecule has 0 spiro atoms. The first-order valence-corrected chi connectivity index (χ1v) is 6.35. The number of benzene rings is 1. The number of rotatable bonds is 6. The largest absolute Gasteiger partial charge is 0.493 e. The molecule has 1 aliphatic heterocycles. The minimum atomic E-state index is 0.519. The van der Waals surface area contributed by atoms with Crippen molar-refractivity contribution in [2.24, 2.45) is 0 Å². The summed E-state index contributed by atoms with van der Waals surface area (Å²) >= 11 is 0. The van der Waals surface area contributed by atoms with Crippen molar-refractivity contribution in [3.05, 3.63) is 23.8 Å². The highest BCUT2D eigenvalue weighted by atomic mass is 16.5. The van der Waals surface area contributed by atoms with Crippen LogP contribution in [0.1, 0.15) is 12.0 Å². The molecule has 4 heteroatoms. The molecule has 1 fully saturated rings. The molecule has 18 heavy (non-hydrogen) atoms. The van der Waals surface area contributed by atoms with Crippen LogP contribution < -0.4 is 14.8 Å². The van der Waals surface area contributed by atoms with Crippen LogP contribution in [0, 0.1) is 0 Å². The van der Waals surface area contributed by atoms with Gasteiger partial charge in [-0.2, -0.15) is 0 Å². The molecule has 4 nitrogen and oxygen atoms in total. The van der Waals surface area contributed by atoms with E-state index in [1.807, 2.05) is 12.1 Å². The fraction of sp³-hybridized carbons (Fsp3) is 0.571. The first-order chi connectivity index (χ1) is 8.83. The third-order valence-corrected chi connectivity index (χ3v) is 3.22. The highest BCUT2D eigenvalue weighted by Gasteiger charge is 2.14. The van der Waals surface area contributed by atoms with Gasteiger partial charge in [0.1, 0.15) is 0 Å². The van der Waals surface area contributed by atoms with Gasteiger partial charge in [0.25, 0.3) is 0 Å². The maximum atomic E-state index is 5.33. The van der Waals surface area contributed by atoms with Crippen LogP contribution in [0.2, 0.25) is 0 Å². The average molecular weight is 251 g/mol. The monoisotopic (exact) mass is 251 g/mol. The second-order valence-corrected chi connectivity index (χ2v) is 4.45. The maximum absolute atomic E-state index is 5.33. The van der Waals surface area contributed by atoms with Crippen LogP contribution in [0.5, 0.6) is 11.5 Å². The highest BCUT2D eigenvalue weighted by molar-refractivity contribution is 5.42. The molecule has 1 aliphatic rings. The van der Waals surface area contributed by atoms with Gasteiger partial charge in [0, 0.05) is 12.6 Å². The lowest BCUT2D eigenvalue weighted by atomic mass is 10.1. The lowest BCUT2D eigenvalue weighted by molar-refractivity contribution is 0.190. The maximum Gasteiger partial charge on any atom is 0.160 e. The molecule has 1 N–H and O–H groups in total. The van der Waals surface area contributed by atoms with Gasteiger partial charge >= 0.3 is 0 Å². The summed E-state index contributed by atoms with van der Waals surface area (Å²) in [6.07, 6.45) is 2.10. The summed E-state index contributed by atoms with van der Waals surface area (Å²) < 4.78 is 15.8. The van der Waals surface area contributed by atoms with Crippen LogP contribution in [0.4, 0.5) is 0 Å². The molecule has 0 bridgehead atoms. The second-order valence-electron chi connectivity index (χ2n) is 4.45. The molecule has 1 saturated heterocycles. The van der Waals surface area contributed by atoms with E-state index in [1.165, 1.54) is 5.56 Å². The Hall–Kier alpha value is -1.26. The Morgan fingerprint density at radius 3 is 2.78 bits per heavy atom. The topological polar surface area (TPSA) is 39.7 Å². The molecule has 1 aromatic carbocycles. The van der Waals surface area contributed by atoms with E-state index in [2.05, 4.69) is 11.4 Å². The van der Waals surface area contributed by atoms with Crippen molar-refractivity contribution >= 4 is 0 Å². The Kier molecular flexibility index (Phi) is 4.84. The lowest BCUT2D eigenvalue weighted by Crippen LogP contribution is -2.30. The third kappa shape index (κ3) is 3.37. The predicted molar refractivity (Wildman–Crippen MR) is 70.5 cm³/mol. The molecule has 1 unspecified atom stereocenters. The first kappa shape index (κ1) is 13.2. The normalized spacial score (nSPS) is 18.9.